The van der Waals surface area contributed by atoms with E-state index in [9.17, 15) is 9.59 Å². The number of thiophene rings is 1. The molecule has 0 saturated heterocycles. The Balaban J connectivity index is 1.99. The molecule has 0 aromatic carbocycles. The van der Waals surface area contributed by atoms with Crippen LogP contribution in [0.1, 0.15) is 43.4 Å². The fourth-order valence-electron chi connectivity index (χ4n) is 2.78. The standard InChI is InChI=1S/C15H21NO3S/c17-14(11-13-7-4-10-20-13)16(9-8-15(18)19)12-5-2-1-3-6-12/h4,7,10,12H,1-3,5-6,8-9,11H2,(H,18,19). The van der Waals surface area contributed by atoms with Crippen LogP contribution in [0.25, 0.3) is 0 Å². The second-order valence-electron chi connectivity index (χ2n) is 5.28. The molecule has 1 N–H and O–H groups in total. The van der Waals surface area contributed by atoms with Crippen LogP contribution in [0.15, 0.2) is 17.5 Å². The Morgan fingerprint density at radius 3 is 2.65 bits per heavy atom. The maximum atomic E-state index is 12.5. The molecule has 1 aromatic rings. The number of hydrogen-bond acceptors (Lipinski definition) is 3. The predicted octanol–water partition coefficient (Wildman–Crippen LogP) is 2.93. The molecule has 1 aromatic heterocycles. The van der Waals surface area contributed by atoms with Gasteiger partial charge in [-0.15, -0.1) is 11.3 Å². The van der Waals surface area contributed by atoms with Gasteiger partial charge in [0.15, 0.2) is 0 Å². The van der Waals surface area contributed by atoms with E-state index in [2.05, 4.69) is 0 Å². The maximum absolute atomic E-state index is 12.5. The minimum atomic E-state index is -0.838. The van der Waals surface area contributed by atoms with E-state index in [1.165, 1.54) is 6.42 Å². The first-order chi connectivity index (χ1) is 9.66. The summed E-state index contributed by atoms with van der Waals surface area (Å²) in [6.07, 6.45) is 5.95. The van der Waals surface area contributed by atoms with Crippen LogP contribution in [0.3, 0.4) is 0 Å². The number of amides is 1. The van der Waals surface area contributed by atoms with Crippen LogP contribution >= 0.6 is 11.3 Å². The summed E-state index contributed by atoms with van der Waals surface area (Å²) in [6, 6.07) is 4.13. The van der Waals surface area contributed by atoms with Crippen molar-refractivity contribution < 1.29 is 14.7 Å². The Morgan fingerprint density at radius 2 is 2.05 bits per heavy atom. The average molecular weight is 295 g/mol. The number of hydrogen-bond donors (Lipinski definition) is 1. The van der Waals surface area contributed by atoms with Crippen LogP contribution in [0.2, 0.25) is 0 Å². The molecule has 1 aliphatic carbocycles. The molecule has 0 bridgehead atoms. The molecule has 1 aliphatic rings. The second kappa shape index (κ2) is 7.43. The van der Waals surface area contributed by atoms with Gasteiger partial charge in [0.1, 0.15) is 0 Å². The Morgan fingerprint density at radius 1 is 1.30 bits per heavy atom. The maximum Gasteiger partial charge on any atom is 0.305 e. The van der Waals surface area contributed by atoms with Crippen LogP contribution in [0.4, 0.5) is 0 Å². The molecule has 1 heterocycles. The molecule has 110 valence electrons. The molecule has 0 unspecified atom stereocenters. The largest absolute Gasteiger partial charge is 0.481 e. The normalized spacial score (nSPS) is 16.0. The van der Waals surface area contributed by atoms with Crippen LogP contribution in [0, 0.1) is 0 Å². The highest BCUT2D eigenvalue weighted by molar-refractivity contribution is 7.10. The molecule has 4 nitrogen and oxygen atoms in total. The van der Waals surface area contributed by atoms with E-state index >= 15 is 0 Å². The Bertz CT molecular complexity index is 438. The van der Waals surface area contributed by atoms with Crippen molar-refractivity contribution in [1.82, 2.24) is 4.90 Å². The van der Waals surface area contributed by atoms with Crippen molar-refractivity contribution in [1.29, 1.82) is 0 Å². The smallest absolute Gasteiger partial charge is 0.305 e. The molecular weight excluding hydrogens is 274 g/mol. The molecule has 2 rings (SSSR count). The fraction of sp³-hybridized carbons (Fsp3) is 0.600. The Hall–Kier alpha value is -1.36. The van der Waals surface area contributed by atoms with Gasteiger partial charge in [0.05, 0.1) is 12.8 Å². The minimum Gasteiger partial charge on any atom is -0.481 e. The molecular formula is C15H21NO3S. The molecule has 20 heavy (non-hydrogen) atoms. The summed E-state index contributed by atoms with van der Waals surface area (Å²) >= 11 is 1.58. The lowest BCUT2D eigenvalue weighted by atomic mass is 9.93. The molecule has 0 atom stereocenters. The fourth-order valence-corrected chi connectivity index (χ4v) is 3.48. The summed E-state index contributed by atoms with van der Waals surface area (Å²) < 4.78 is 0. The summed E-state index contributed by atoms with van der Waals surface area (Å²) in [5.74, 6) is -0.768. The zero-order valence-corrected chi connectivity index (χ0v) is 12.4. The van der Waals surface area contributed by atoms with Crippen LogP contribution in [-0.2, 0) is 16.0 Å². The van der Waals surface area contributed by atoms with Gasteiger partial charge in [-0.25, -0.2) is 0 Å². The van der Waals surface area contributed by atoms with Gasteiger partial charge in [0, 0.05) is 17.5 Å². The van der Waals surface area contributed by atoms with Crippen molar-refractivity contribution in [2.75, 3.05) is 6.54 Å². The van der Waals surface area contributed by atoms with Crippen LogP contribution in [0.5, 0.6) is 0 Å². The third-order valence-electron chi connectivity index (χ3n) is 3.81. The zero-order valence-electron chi connectivity index (χ0n) is 11.6. The van der Waals surface area contributed by atoms with Gasteiger partial charge in [0.25, 0.3) is 0 Å². The third kappa shape index (κ3) is 4.34. The number of carbonyl (C=O) groups is 2. The van der Waals surface area contributed by atoms with E-state index in [-0.39, 0.29) is 18.4 Å². The summed E-state index contributed by atoms with van der Waals surface area (Å²) in [4.78, 5) is 26.1. The summed E-state index contributed by atoms with van der Waals surface area (Å²) in [7, 11) is 0. The van der Waals surface area contributed by atoms with Crippen molar-refractivity contribution >= 4 is 23.2 Å². The van der Waals surface area contributed by atoms with E-state index in [0.717, 1.165) is 30.6 Å². The third-order valence-corrected chi connectivity index (χ3v) is 4.68. The van der Waals surface area contributed by atoms with Gasteiger partial charge >= 0.3 is 5.97 Å². The monoisotopic (exact) mass is 295 g/mol. The highest BCUT2D eigenvalue weighted by atomic mass is 32.1. The predicted molar refractivity (Wildman–Crippen MR) is 78.9 cm³/mol. The summed E-state index contributed by atoms with van der Waals surface area (Å²) in [5, 5.41) is 10.8. The van der Waals surface area contributed by atoms with Gasteiger partial charge in [-0.05, 0) is 24.3 Å². The van der Waals surface area contributed by atoms with Crippen LogP contribution in [-0.4, -0.2) is 34.5 Å². The topological polar surface area (TPSA) is 57.6 Å². The molecule has 0 spiro atoms. The quantitative estimate of drug-likeness (QED) is 0.878. The SMILES string of the molecule is O=C(O)CCN(C(=O)Cc1cccs1)C1CCCCC1. The zero-order chi connectivity index (χ0) is 14.4. The Kier molecular flexibility index (Phi) is 5.59. The van der Waals surface area contributed by atoms with E-state index in [4.69, 9.17) is 5.11 Å². The van der Waals surface area contributed by atoms with Gasteiger partial charge < -0.3 is 10.0 Å². The number of carbonyl (C=O) groups excluding carboxylic acids is 1. The van der Waals surface area contributed by atoms with Crippen LogP contribution < -0.4 is 0 Å². The van der Waals surface area contributed by atoms with Crippen molar-refractivity contribution in [3.8, 4) is 0 Å². The number of carboxylic acids is 1. The van der Waals surface area contributed by atoms with Crippen molar-refractivity contribution in [2.45, 2.75) is 51.0 Å². The molecule has 1 fully saturated rings. The molecule has 1 saturated carbocycles. The first-order valence-corrected chi connectivity index (χ1v) is 8.08. The summed E-state index contributed by atoms with van der Waals surface area (Å²) in [5.41, 5.74) is 0. The number of carboxylic acid groups (broad SMARTS) is 1. The van der Waals surface area contributed by atoms with Gasteiger partial charge in [-0.1, -0.05) is 25.3 Å². The molecule has 0 aliphatic heterocycles. The van der Waals surface area contributed by atoms with Crippen molar-refractivity contribution in [3.05, 3.63) is 22.4 Å². The first-order valence-electron chi connectivity index (χ1n) is 7.20. The van der Waals surface area contributed by atoms with Crippen molar-refractivity contribution in [3.63, 3.8) is 0 Å². The molecule has 1 amide bonds. The number of nitrogens with zero attached hydrogens (tertiary/aromatic N) is 1. The van der Waals surface area contributed by atoms with Gasteiger partial charge in [-0.3, -0.25) is 9.59 Å². The number of rotatable bonds is 6. The van der Waals surface area contributed by atoms with E-state index < -0.39 is 5.97 Å². The van der Waals surface area contributed by atoms with Gasteiger partial charge in [0.2, 0.25) is 5.91 Å². The molecule has 5 heteroatoms. The lowest BCUT2D eigenvalue weighted by Gasteiger charge is -2.34. The Labute approximate surface area is 123 Å². The van der Waals surface area contributed by atoms with Crippen molar-refractivity contribution in [2.24, 2.45) is 0 Å². The second-order valence-corrected chi connectivity index (χ2v) is 6.31. The lowest BCUT2D eigenvalue weighted by molar-refractivity contribution is -0.139. The van der Waals surface area contributed by atoms with E-state index in [1.54, 1.807) is 11.3 Å². The lowest BCUT2D eigenvalue weighted by Crippen LogP contribution is -2.43. The highest BCUT2D eigenvalue weighted by Gasteiger charge is 2.25. The summed E-state index contributed by atoms with van der Waals surface area (Å²) in [6.45, 7) is 0.338. The minimum absolute atomic E-state index is 0.0344. The average Bonchev–Trinajstić information content (AvgIpc) is 2.92. The van der Waals surface area contributed by atoms with E-state index in [1.807, 2.05) is 22.4 Å². The number of aliphatic carboxylic acids is 1. The molecule has 0 radical (unpaired) electrons. The van der Waals surface area contributed by atoms with Gasteiger partial charge in [-0.2, -0.15) is 0 Å². The first kappa shape index (κ1) is 15.0. The highest BCUT2D eigenvalue weighted by Crippen LogP contribution is 2.24. The van der Waals surface area contributed by atoms with E-state index in [0.29, 0.717) is 13.0 Å².